The number of nitrogens with one attached hydrogen (secondary N) is 2. The Labute approximate surface area is 181 Å². The molecule has 0 unspecified atom stereocenters. The summed E-state index contributed by atoms with van der Waals surface area (Å²) in [4.78, 5) is 53.8. The Morgan fingerprint density at radius 3 is 2.52 bits per heavy atom. The molecule has 2 aliphatic rings. The second-order valence-electron chi connectivity index (χ2n) is 7.52. The SMILES string of the molecule is CCOc1ccc(NC(=O)C[C@H]2C(=O)NCCN2C(=O)CN2CCN(C=O)CC2)cc1. The van der Waals surface area contributed by atoms with Crippen molar-refractivity contribution >= 4 is 29.8 Å². The molecule has 31 heavy (non-hydrogen) atoms. The molecule has 0 bridgehead atoms. The fourth-order valence-corrected chi connectivity index (χ4v) is 3.71. The first kappa shape index (κ1) is 22.5. The van der Waals surface area contributed by atoms with E-state index in [9.17, 15) is 19.2 Å². The van der Waals surface area contributed by atoms with E-state index in [0.717, 1.165) is 6.41 Å². The van der Waals surface area contributed by atoms with Crippen LogP contribution < -0.4 is 15.4 Å². The van der Waals surface area contributed by atoms with Gasteiger partial charge in [-0.2, -0.15) is 0 Å². The summed E-state index contributed by atoms with van der Waals surface area (Å²) in [7, 11) is 0. The highest BCUT2D eigenvalue weighted by Crippen LogP contribution is 2.17. The number of anilines is 1. The smallest absolute Gasteiger partial charge is 0.243 e. The lowest BCUT2D eigenvalue weighted by Gasteiger charge is -2.37. The number of ether oxygens (including phenoxy) is 1. The van der Waals surface area contributed by atoms with Crippen molar-refractivity contribution in [3.8, 4) is 5.75 Å². The van der Waals surface area contributed by atoms with Gasteiger partial charge in [-0.25, -0.2) is 0 Å². The lowest BCUT2D eigenvalue weighted by molar-refractivity contribution is -0.145. The summed E-state index contributed by atoms with van der Waals surface area (Å²) in [5, 5.41) is 5.51. The molecule has 0 radical (unpaired) electrons. The van der Waals surface area contributed by atoms with Gasteiger partial charge in [0.1, 0.15) is 11.8 Å². The van der Waals surface area contributed by atoms with Crippen molar-refractivity contribution < 1.29 is 23.9 Å². The van der Waals surface area contributed by atoms with Crippen molar-refractivity contribution in [1.29, 1.82) is 0 Å². The molecule has 0 aliphatic carbocycles. The number of carbonyl (C=O) groups excluding carboxylic acids is 4. The number of carbonyl (C=O) groups is 4. The number of hydrogen-bond acceptors (Lipinski definition) is 6. The van der Waals surface area contributed by atoms with E-state index in [1.54, 1.807) is 29.2 Å². The number of amides is 4. The van der Waals surface area contributed by atoms with Crippen molar-refractivity contribution in [2.75, 3.05) is 57.7 Å². The lowest BCUT2D eigenvalue weighted by Crippen LogP contribution is -2.60. The largest absolute Gasteiger partial charge is 0.494 e. The van der Waals surface area contributed by atoms with Gasteiger partial charge in [0, 0.05) is 45.0 Å². The van der Waals surface area contributed by atoms with E-state index in [1.807, 2.05) is 11.8 Å². The molecule has 0 spiro atoms. The molecule has 2 saturated heterocycles. The van der Waals surface area contributed by atoms with Crippen LogP contribution in [-0.4, -0.2) is 97.3 Å². The predicted molar refractivity (Wildman–Crippen MR) is 113 cm³/mol. The van der Waals surface area contributed by atoms with Crippen LogP contribution in [0.5, 0.6) is 5.75 Å². The van der Waals surface area contributed by atoms with E-state index < -0.39 is 6.04 Å². The van der Waals surface area contributed by atoms with Crippen molar-refractivity contribution in [2.45, 2.75) is 19.4 Å². The van der Waals surface area contributed by atoms with Crippen molar-refractivity contribution in [3.05, 3.63) is 24.3 Å². The van der Waals surface area contributed by atoms with Gasteiger partial charge >= 0.3 is 0 Å². The summed E-state index contributed by atoms with van der Waals surface area (Å²) in [6, 6.07) is 6.12. The molecule has 0 saturated carbocycles. The topological polar surface area (TPSA) is 111 Å². The highest BCUT2D eigenvalue weighted by atomic mass is 16.5. The molecule has 2 heterocycles. The molecule has 168 valence electrons. The maximum Gasteiger partial charge on any atom is 0.243 e. The number of piperazine rings is 2. The van der Waals surface area contributed by atoms with Crippen LogP contribution in [0.25, 0.3) is 0 Å². The highest BCUT2D eigenvalue weighted by Gasteiger charge is 2.35. The molecule has 3 rings (SSSR count). The van der Waals surface area contributed by atoms with Gasteiger partial charge in [-0.3, -0.25) is 24.1 Å². The van der Waals surface area contributed by atoms with E-state index in [2.05, 4.69) is 10.6 Å². The van der Waals surface area contributed by atoms with E-state index in [0.29, 0.717) is 57.3 Å². The zero-order chi connectivity index (χ0) is 22.2. The molecular formula is C21H29N5O5. The summed E-state index contributed by atoms with van der Waals surface area (Å²) < 4.78 is 5.38. The van der Waals surface area contributed by atoms with Gasteiger partial charge in [0.15, 0.2) is 0 Å². The number of rotatable bonds is 8. The minimum absolute atomic E-state index is 0.121. The minimum Gasteiger partial charge on any atom is -0.494 e. The van der Waals surface area contributed by atoms with E-state index in [1.165, 1.54) is 4.90 Å². The third kappa shape index (κ3) is 6.17. The van der Waals surface area contributed by atoms with Crippen LogP contribution in [0.2, 0.25) is 0 Å². The Morgan fingerprint density at radius 1 is 1.16 bits per heavy atom. The fourth-order valence-electron chi connectivity index (χ4n) is 3.71. The molecule has 10 nitrogen and oxygen atoms in total. The molecule has 0 aromatic heterocycles. The molecule has 2 N–H and O–H groups in total. The van der Waals surface area contributed by atoms with Gasteiger partial charge in [-0.1, -0.05) is 0 Å². The van der Waals surface area contributed by atoms with Gasteiger partial charge in [-0.05, 0) is 31.2 Å². The van der Waals surface area contributed by atoms with Gasteiger partial charge in [0.05, 0.1) is 19.6 Å². The molecule has 4 amide bonds. The van der Waals surface area contributed by atoms with Crippen LogP contribution in [0.1, 0.15) is 13.3 Å². The normalized spacial score (nSPS) is 19.5. The maximum atomic E-state index is 12.9. The molecule has 1 atom stereocenters. The first-order valence-corrected chi connectivity index (χ1v) is 10.5. The van der Waals surface area contributed by atoms with Gasteiger partial charge in [0.2, 0.25) is 24.1 Å². The second-order valence-corrected chi connectivity index (χ2v) is 7.52. The van der Waals surface area contributed by atoms with Crippen LogP contribution in [0.4, 0.5) is 5.69 Å². The third-order valence-corrected chi connectivity index (χ3v) is 5.39. The Bertz CT molecular complexity index is 792. The number of hydrogen-bond donors (Lipinski definition) is 2. The quantitative estimate of drug-likeness (QED) is 0.538. The average Bonchev–Trinajstić information content (AvgIpc) is 2.77. The molecule has 1 aromatic carbocycles. The molecule has 10 heteroatoms. The average molecular weight is 431 g/mol. The van der Waals surface area contributed by atoms with Crippen molar-refractivity contribution in [2.24, 2.45) is 0 Å². The van der Waals surface area contributed by atoms with Crippen LogP contribution in [0, 0.1) is 0 Å². The standard InChI is InChI=1S/C21H29N5O5/c1-2-31-17-5-3-16(4-6-17)23-19(28)13-18-21(30)22-7-8-26(18)20(29)14-24-9-11-25(15-27)12-10-24/h3-6,15,18H,2,7-14H2,1H3,(H,22,30)(H,23,28)/t18-/m0/s1. The lowest BCUT2D eigenvalue weighted by atomic mass is 10.1. The Balaban J connectivity index is 1.56. The summed E-state index contributed by atoms with van der Waals surface area (Å²) in [6.45, 7) is 5.69. The van der Waals surface area contributed by atoms with Crippen molar-refractivity contribution in [3.63, 3.8) is 0 Å². The van der Waals surface area contributed by atoms with Crippen LogP contribution >= 0.6 is 0 Å². The van der Waals surface area contributed by atoms with E-state index >= 15 is 0 Å². The van der Waals surface area contributed by atoms with E-state index in [4.69, 9.17) is 4.74 Å². The molecule has 1 aromatic rings. The number of nitrogens with zero attached hydrogens (tertiary/aromatic N) is 3. The minimum atomic E-state index is -0.847. The summed E-state index contributed by atoms with van der Waals surface area (Å²) in [6.07, 6.45) is 0.691. The monoisotopic (exact) mass is 431 g/mol. The van der Waals surface area contributed by atoms with Crippen molar-refractivity contribution in [1.82, 2.24) is 20.0 Å². The maximum absolute atomic E-state index is 12.9. The van der Waals surface area contributed by atoms with Crippen LogP contribution in [0.15, 0.2) is 24.3 Å². The highest BCUT2D eigenvalue weighted by molar-refractivity contribution is 5.97. The second kappa shape index (κ2) is 10.8. The summed E-state index contributed by atoms with van der Waals surface area (Å²) in [5.74, 6) is -0.151. The molecular weight excluding hydrogens is 402 g/mol. The van der Waals surface area contributed by atoms with E-state index in [-0.39, 0.29) is 30.7 Å². The zero-order valence-corrected chi connectivity index (χ0v) is 17.7. The molecule has 2 aliphatic heterocycles. The first-order chi connectivity index (χ1) is 15.0. The molecule has 2 fully saturated rings. The number of benzene rings is 1. The summed E-state index contributed by atoms with van der Waals surface area (Å²) in [5.41, 5.74) is 0.593. The summed E-state index contributed by atoms with van der Waals surface area (Å²) >= 11 is 0. The fraction of sp³-hybridized carbons (Fsp3) is 0.524. The first-order valence-electron chi connectivity index (χ1n) is 10.5. The van der Waals surface area contributed by atoms with Gasteiger partial charge in [-0.15, -0.1) is 0 Å². The Kier molecular flexibility index (Phi) is 7.82. The predicted octanol–water partition coefficient (Wildman–Crippen LogP) is -0.485. The third-order valence-electron chi connectivity index (χ3n) is 5.39. The van der Waals surface area contributed by atoms with Crippen LogP contribution in [-0.2, 0) is 19.2 Å². The van der Waals surface area contributed by atoms with Crippen LogP contribution in [0.3, 0.4) is 0 Å². The van der Waals surface area contributed by atoms with Gasteiger partial charge in [0.25, 0.3) is 0 Å². The Hall–Kier alpha value is -3.14. The van der Waals surface area contributed by atoms with Gasteiger partial charge < -0.3 is 25.2 Å². The Morgan fingerprint density at radius 2 is 1.87 bits per heavy atom. The zero-order valence-electron chi connectivity index (χ0n) is 17.7.